The third kappa shape index (κ3) is 2.86. The van der Waals surface area contributed by atoms with E-state index in [4.69, 9.17) is 4.74 Å². The van der Waals surface area contributed by atoms with Gasteiger partial charge >= 0.3 is 0 Å². The van der Waals surface area contributed by atoms with Crippen LogP contribution in [0.3, 0.4) is 0 Å². The predicted octanol–water partition coefficient (Wildman–Crippen LogP) is 2.24. The maximum absolute atomic E-state index is 10.2. The first-order chi connectivity index (χ1) is 9.68. The molecule has 2 aromatic rings. The summed E-state index contributed by atoms with van der Waals surface area (Å²) in [7, 11) is 0. The third-order valence-electron chi connectivity index (χ3n) is 3.65. The van der Waals surface area contributed by atoms with Crippen LogP contribution in [0.25, 0.3) is 10.9 Å². The van der Waals surface area contributed by atoms with E-state index in [0.717, 1.165) is 20.9 Å². The lowest BCUT2D eigenvalue weighted by Crippen LogP contribution is -2.40. The smallest absolute Gasteiger partial charge is 0.102 e. The van der Waals surface area contributed by atoms with Gasteiger partial charge in [-0.05, 0) is 17.7 Å². The molecular formula is C15H17BrN2O2. The Morgan fingerprint density at radius 1 is 1.40 bits per heavy atom. The van der Waals surface area contributed by atoms with Crippen molar-refractivity contribution >= 4 is 26.8 Å². The highest BCUT2D eigenvalue weighted by molar-refractivity contribution is 9.10. The standard InChI is InChI=1S/C15H17BrN2O2/c16-13-4-3-11(14-12(13)2-1-6-18-14)8-17-9-15(19)5-7-20-10-15/h1-4,6,17,19H,5,7-10H2. The summed E-state index contributed by atoms with van der Waals surface area (Å²) in [6, 6.07) is 8.08. The molecule has 0 amide bonds. The number of benzene rings is 1. The molecule has 1 aromatic heterocycles. The normalized spacial score (nSPS) is 22.5. The largest absolute Gasteiger partial charge is 0.386 e. The van der Waals surface area contributed by atoms with Gasteiger partial charge in [-0.25, -0.2) is 0 Å². The van der Waals surface area contributed by atoms with Crippen molar-refractivity contribution in [2.45, 2.75) is 18.6 Å². The lowest BCUT2D eigenvalue weighted by atomic mass is 10.0. The van der Waals surface area contributed by atoms with Gasteiger partial charge in [0, 0.05) is 42.2 Å². The van der Waals surface area contributed by atoms with Gasteiger partial charge in [-0.1, -0.05) is 28.1 Å². The van der Waals surface area contributed by atoms with Crippen LogP contribution in [0.1, 0.15) is 12.0 Å². The van der Waals surface area contributed by atoms with E-state index in [0.29, 0.717) is 32.7 Å². The molecule has 1 aromatic carbocycles. The lowest BCUT2D eigenvalue weighted by molar-refractivity contribution is 0.0269. The Hall–Kier alpha value is -1.01. The van der Waals surface area contributed by atoms with Crippen LogP contribution in [-0.4, -0.2) is 35.5 Å². The number of ether oxygens (including phenoxy) is 1. The molecule has 4 nitrogen and oxygen atoms in total. The van der Waals surface area contributed by atoms with Crippen LogP contribution < -0.4 is 5.32 Å². The number of nitrogens with zero attached hydrogens (tertiary/aromatic N) is 1. The van der Waals surface area contributed by atoms with Gasteiger partial charge < -0.3 is 15.2 Å². The number of hydrogen-bond donors (Lipinski definition) is 2. The SMILES string of the molecule is OC1(CNCc2ccc(Br)c3cccnc23)CCOC1. The van der Waals surface area contributed by atoms with Gasteiger partial charge in [0.1, 0.15) is 5.60 Å². The summed E-state index contributed by atoms with van der Waals surface area (Å²) < 4.78 is 6.29. The average Bonchev–Trinajstić information content (AvgIpc) is 2.89. The first-order valence-electron chi connectivity index (χ1n) is 6.71. The number of pyridine rings is 1. The quantitative estimate of drug-likeness (QED) is 0.899. The van der Waals surface area contributed by atoms with E-state index in [9.17, 15) is 5.11 Å². The molecule has 1 unspecified atom stereocenters. The second kappa shape index (κ2) is 5.77. The first-order valence-corrected chi connectivity index (χ1v) is 7.50. The summed E-state index contributed by atoms with van der Waals surface area (Å²) in [5.41, 5.74) is 1.40. The van der Waals surface area contributed by atoms with Crippen LogP contribution in [0, 0.1) is 0 Å². The van der Waals surface area contributed by atoms with Crippen molar-refractivity contribution in [2.75, 3.05) is 19.8 Å². The Bertz CT molecular complexity index is 612. The van der Waals surface area contributed by atoms with Crippen molar-refractivity contribution in [3.05, 3.63) is 40.5 Å². The van der Waals surface area contributed by atoms with Gasteiger partial charge in [0.05, 0.1) is 12.1 Å². The highest BCUT2D eigenvalue weighted by Crippen LogP contribution is 2.25. The summed E-state index contributed by atoms with van der Waals surface area (Å²) in [6.45, 7) is 2.28. The molecule has 106 valence electrons. The van der Waals surface area contributed by atoms with E-state index in [1.807, 2.05) is 18.2 Å². The van der Waals surface area contributed by atoms with E-state index in [2.05, 4.69) is 32.3 Å². The van der Waals surface area contributed by atoms with E-state index < -0.39 is 5.60 Å². The minimum absolute atomic E-state index is 0.416. The van der Waals surface area contributed by atoms with Crippen molar-refractivity contribution in [2.24, 2.45) is 0 Å². The van der Waals surface area contributed by atoms with E-state index in [1.165, 1.54) is 0 Å². The number of hydrogen-bond acceptors (Lipinski definition) is 4. The minimum atomic E-state index is -0.724. The lowest BCUT2D eigenvalue weighted by Gasteiger charge is -2.21. The van der Waals surface area contributed by atoms with E-state index >= 15 is 0 Å². The summed E-state index contributed by atoms with van der Waals surface area (Å²) in [5.74, 6) is 0. The Balaban J connectivity index is 1.73. The maximum Gasteiger partial charge on any atom is 0.102 e. The van der Waals surface area contributed by atoms with Crippen molar-refractivity contribution < 1.29 is 9.84 Å². The van der Waals surface area contributed by atoms with Crippen molar-refractivity contribution in [1.82, 2.24) is 10.3 Å². The van der Waals surface area contributed by atoms with Crippen LogP contribution in [0.15, 0.2) is 34.9 Å². The number of aromatic nitrogens is 1. The Kier molecular flexibility index (Phi) is 4.03. The summed E-state index contributed by atoms with van der Waals surface area (Å²) in [4.78, 5) is 4.45. The van der Waals surface area contributed by atoms with Crippen molar-refractivity contribution in [3.63, 3.8) is 0 Å². The van der Waals surface area contributed by atoms with Gasteiger partial charge in [-0.15, -0.1) is 0 Å². The van der Waals surface area contributed by atoms with Crippen molar-refractivity contribution in [1.29, 1.82) is 0 Å². The van der Waals surface area contributed by atoms with Crippen LogP contribution in [0.2, 0.25) is 0 Å². The first kappa shape index (κ1) is 13.9. The molecule has 1 aliphatic rings. The molecule has 1 fully saturated rings. The van der Waals surface area contributed by atoms with E-state index in [1.54, 1.807) is 6.20 Å². The Morgan fingerprint density at radius 3 is 3.10 bits per heavy atom. The zero-order valence-electron chi connectivity index (χ0n) is 11.1. The molecule has 0 spiro atoms. The minimum Gasteiger partial charge on any atom is -0.386 e. The highest BCUT2D eigenvalue weighted by atomic mass is 79.9. The molecule has 1 aliphatic heterocycles. The molecule has 1 saturated heterocycles. The fourth-order valence-corrected chi connectivity index (χ4v) is 2.96. The fraction of sp³-hybridized carbons (Fsp3) is 0.400. The average molecular weight is 337 g/mol. The highest BCUT2D eigenvalue weighted by Gasteiger charge is 2.31. The molecule has 0 saturated carbocycles. The molecular weight excluding hydrogens is 320 g/mol. The van der Waals surface area contributed by atoms with Crippen LogP contribution in [0.5, 0.6) is 0 Å². The topological polar surface area (TPSA) is 54.4 Å². The maximum atomic E-state index is 10.2. The molecule has 0 bridgehead atoms. The Labute approximate surface area is 126 Å². The third-order valence-corrected chi connectivity index (χ3v) is 4.34. The molecule has 1 atom stereocenters. The number of nitrogens with one attached hydrogen (secondary N) is 1. The molecule has 0 aliphatic carbocycles. The number of halogens is 1. The van der Waals surface area contributed by atoms with Gasteiger partial charge in [-0.2, -0.15) is 0 Å². The fourth-order valence-electron chi connectivity index (χ4n) is 2.50. The van der Waals surface area contributed by atoms with Gasteiger partial charge in [0.15, 0.2) is 0 Å². The zero-order chi connectivity index (χ0) is 14.0. The van der Waals surface area contributed by atoms with Crippen LogP contribution >= 0.6 is 15.9 Å². The Morgan fingerprint density at radius 2 is 2.30 bits per heavy atom. The second-order valence-corrected chi connectivity index (χ2v) is 6.09. The summed E-state index contributed by atoms with van der Waals surface area (Å²) in [5, 5.41) is 14.6. The van der Waals surface area contributed by atoms with Crippen LogP contribution in [-0.2, 0) is 11.3 Å². The zero-order valence-corrected chi connectivity index (χ0v) is 12.7. The van der Waals surface area contributed by atoms with Crippen molar-refractivity contribution in [3.8, 4) is 0 Å². The van der Waals surface area contributed by atoms with Gasteiger partial charge in [-0.3, -0.25) is 4.98 Å². The molecule has 0 radical (unpaired) electrons. The van der Waals surface area contributed by atoms with E-state index in [-0.39, 0.29) is 0 Å². The molecule has 20 heavy (non-hydrogen) atoms. The summed E-state index contributed by atoms with van der Waals surface area (Å²) >= 11 is 3.54. The second-order valence-electron chi connectivity index (χ2n) is 5.24. The number of rotatable bonds is 4. The molecule has 5 heteroatoms. The summed E-state index contributed by atoms with van der Waals surface area (Å²) in [6.07, 6.45) is 2.50. The van der Waals surface area contributed by atoms with Gasteiger partial charge in [0.2, 0.25) is 0 Å². The monoisotopic (exact) mass is 336 g/mol. The molecule has 3 rings (SSSR count). The number of fused-ring (bicyclic) bond motifs is 1. The predicted molar refractivity (Wildman–Crippen MR) is 81.5 cm³/mol. The molecule has 2 heterocycles. The van der Waals surface area contributed by atoms with Gasteiger partial charge in [0.25, 0.3) is 0 Å². The van der Waals surface area contributed by atoms with Crippen LogP contribution in [0.4, 0.5) is 0 Å². The molecule has 2 N–H and O–H groups in total. The number of aliphatic hydroxyl groups is 1.